The van der Waals surface area contributed by atoms with Gasteiger partial charge in [-0.1, -0.05) is 42.5 Å². The maximum atomic E-state index is 12.2. The highest BCUT2D eigenvalue weighted by atomic mass is 16.1. The molecule has 0 aliphatic carbocycles. The van der Waals surface area contributed by atoms with E-state index in [1.54, 1.807) is 0 Å². The molecule has 3 heteroatoms. The summed E-state index contributed by atoms with van der Waals surface area (Å²) in [5, 5.41) is 3.05. The summed E-state index contributed by atoms with van der Waals surface area (Å²) in [4.78, 5) is 13.6. The summed E-state index contributed by atoms with van der Waals surface area (Å²) in [5.41, 5.74) is 6.04. The van der Waals surface area contributed by atoms with Crippen molar-refractivity contribution in [2.75, 3.05) is 14.1 Å². The van der Waals surface area contributed by atoms with Crippen LogP contribution in [0.25, 0.3) is 0 Å². The number of benzene rings is 2. The van der Waals surface area contributed by atoms with Crippen LogP contribution in [0.4, 0.5) is 0 Å². The molecule has 2 aromatic rings. The number of nitrogens with one attached hydrogen (secondary N) is 2. The molecule has 0 fully saturated rings. The van der Waals surface area contributed by atoms with Crippen molar-refractivity contribution < 1.29 is 9.69 Å². The summed E-state index contributed by atoms with van der Waals surface area (Å²) in [6.45, 7) is 5.72. The molecular weight excluding hydrogens is 284 g/mol. The lowest BCUT2D eigenvalue weighted by atomic mass is 10.0. The molecule has 0 aliphatic rings. The predicted octanol–water partition coefficient (Wildman–Crippen LogP) is 1.81. The summed E-state index contributed by atoms with van der Waals surface area (Å²) < 4.78 is 0. The Morgan fingerprint density at radius 3 is 2.35 bits per heavy atom. The van der Waals surface area contributed by atoms with Gasteiger partial charge >= 0.3 is 0 Å². The SMILES string of the molecule is Cc1ccc(CC(=O)NCc2ccccc2C[NH+](C)C)cc1C. The van der Waals surface area contributed by atoms with Crippen molar-refractivity contribution in [3.63, 3.8) is 0 Å². The molecule has 0 saturated heterocycles. The largest absolute Gasteiger partial charge is 0.352 e. The molecule has 0 aliphatic heterocycles. The first-order chi connectivity index (χ1) is 11.0. The fourth-order valence-corrected chi connectivity index (χ4v) is 2.64. The van der Waals surface area contributed by atoms with Crippen molar-refractivity contribution in [1.82, 2.24) is 5.32 Å². The van der Waals surface area contributed by atoms with E-state index in [9.17, 15) is 4.79 Å². The summed E-state index contributed by atoms with van der Waals surface area (Å²) in [6.07, 6.45) is 0.433. The van der Waals surface area contributed by atoms with E-state index in [1.807, 2.05) is 12.1 Å². The average molecular weight is 311 g/mol. The molecule has 23 heavy (non-hydrogen) atoms. The molecule has 122 valence electrons. The number of aryl methyl sites for hydroxylation is 2. The molecule has 0 aromatic heterocycles. The Morgan fingerprint density at radius 1 is 1.00 bits per heavy atom. The van der Waals surface area contributed by atoms with Gasteiger partial charge < -0.3 is 10.2 Å². The quantitative estimate of drug-likeness (QED) is 0.838. The Labute approximate surface area is 139 Å². The van der Waals surface area contributed by atoms with Gasteiger partial charge in [0.2, 0.25) is 5.91 Å². The fourth-order valence-electron chi connectivity index (χ4n) is 2.64. The number of hydrogen-bond donors (Lipinski definition) is 2. The second-order valence-corrected chi connectivity index (χ2v) is 6.52. The molecule has 2 rings (SSSR count). The van der Waals surface area contributed by atoms with Gasteiger partial charge in [-0.2, -0.15) is 0 Å². The fraction of sp³-hybridized carbons (Fsp3) is 0.350. The zero-order valence-corrected chi connectivity index (χ0v) is 14.6. The maximum absolute atomic E-state index is 12.2. The molecule has 0 heterocycles. The van der Waals surface area contributed by atoms with E-state index in [1.165, 1.54) is 27.2 Å². The molecule has 0 unspecified atom stereocenters. The van der Waals surface area contributed by atoms with Crippen molar-refractivity contribution in [2.45, 2.75) is 33.4 Å². The molecular formula is C20H27N2O+. The van der Waals surface area contributed by atoms with Crippen LogP contribution >= 0.6 is 0 Å². The van der Waals surface area contributed by atoms with Crippen LogP contribution in [-0.4, -0.2) is 20.0 Å². The Kier molecular flexibility index (Phi) is 5.94. The lowest BCUT2D eigenvalue weighted by Crippen LogP contribution is -3.04. The molecule has 2 N–H and O–H groups in total. The van der Waals surface area contributed by atoms with Crippen LogP contribution in [0.5, 0.6) is 0 Å². The Hall–Kier alpha value is -2.13. The standard InChI is InChI=1S/C20H26N2O/c1-15-9-10-17(11-16(15)2)12-20(23)21-13-18-7-5-6-8-19(18)14-22(3)4/h5-11H,12-14H2,1-4H3,(H,21,23)/p+1. The van der Waals surface area contributed by atoms with Gasteiger partial charge in [-0.3, -0.25) is 4.79 Å². The van der Waals surface area contributed by atoms with Gasteiger partial charge in [0.25, 0.3) is 0 Å². The first kappa shape index (κ1) is 17.2. The molecule has 1 amide bonds. The maximum Gasteiger partial charge on any atom is 0.224 e. The van der Waals surface area contributed by atoms with Crippen LogP contribution in [0.2, 0.25) is 0 Å². The van der Waals surface area contributed by atoms with Crippen LogP contribution in [0.1, 0.15) is 27.8 Å². The minimum atomic E-state index is 0.0697. The van der Waals surface area contributed by atoms with Gasteiger partial charge in [-0.05, 0) is 36.1 Å². The highest BCUT2D eigenvalue weighted by molar-refractivity contribution is 5.78. The smallest absolute Gasteiger partial charge is 0.224 e. The van der Waals surface area contributed by atoms with Crippen molar-refractivity contribution in [1.29, 1.82) is 0 Å². The summed E-state index contributed by atoms with van der Waals surface area (Å²) >= 11 is 0. The predicted molar refractivity (Wildman–Crippen MR) is 94.4 cm³/mol. The van der Waals surface area contributed by atoms with Gasteiger partial charge in [-0.15, -0.1) is 0 Å². The first-order valence-electron chi connectivity index (χ1n) is 8.14. The van der Waals surface area contributed by atoms with Crippen LogP contribution in [0.3, 0.4) is 0 Å². The van der Waals surface area contributed by atoms with Crippen molar-refractivity contribution >= 4 is 5.91 Å². The van der Waals surface area contributed by atoms with Crippen LogP contribution in [0, 0.1) is 13.8 Å². The minimum Gasteiger partial charge on any atom is -0.352 e. The third-order valence-corrected chi connectivity index (χ3v) is 4.07. The third kappa shape index (κ3) is 5.22. The number of amides is 1. The third-order valence-electron chi connectivity index (χ3n) is 4.07. The number of quaternary nitrogens is 1. The summed E-state index contributed by atoms with van der Waals surface area (Å²) in [7, 11) is 4.27. The van der Waals surface area contributed by atoms with Gasteiger partial charge in [0, 0.05) is 12.1 Å². The molecule has 0 spiro atoms. The van der Waals surface area contributed by atoms with Crippen LogP contribution in [0.15, 0.2) is 42.5 Å². The highest BCUT2D eigenvalue weighted by Crippen LogP contribution is 2.11. The van der Waals surface area contributed by atoms with E-state index in [-0.39, 0.29) is 5.91 Å². The van der Waals surface area contributed by atoms with Crippen LogP contribution in [-0.2, 0) is 24.3 Å². The molecule has 3 nitrogen and oxygen atoms in total. The zero-order valence-electron chi connectivity index (χ0n) is 14.6. The lowest BCUT2D eigenvalue weighted by Gasteiger charge is -2.13. The summed E-state index contributed by atoms with van der Waals surface area (Å²) in [5.74, 6) is 0.0697. The van der Waals surface area contributed by atoms with Crippen molar-refractivity contribution in [3.8, 4) is 0 Å². The molecule has 2 aromatic carbocycles. The number of carbonyl (C=O) groups excluding carboxylic acids is 1. The topological polar surface area (TPSA) is 33.5 Å². The van der Waals surface area contributed by atoms with Gasteiger partial charge in [0.15, 0.2) is 0 Å². The lowest BCUT2D eigenvalue weighted by molar-refractivity contribution is -0.872. The second kappa shape index (κ2) is 7.93. The van der Waals surface area contributed by atoms with E-state index in [2.05, 4.69) is 63.6 Å². The van der Waals surface area contributed by atoms with Crippen LogP contribution < -0.4 is 10.2 Å². The number of hydrogen-bond acceptors (Lipinski definition) is 1. The number of carbonyl (C=O) groups is 1. The van der Waals surface area contributed by atoms with Gasteiger partial charge in [0.1, 0.15) is 6.54 Å². The molecule has 0 saturated carbocycles. The molecule has 0 atom stereocenters. The highest BCUT2D eigenvalue weighted by Gasteiger charge is 2.08. The molecule has 0 radical (unpaired) electrons. The Bertz CT molecular complexity index is 677. The van der Waals surface area contributed by atoms with Crippen molar-refractivity contribution in [3.05, 3.63) is 70.3 Å². The van der Waals surface area contributed by atoms with E-state index in [4.69, 9.17) is 0 Å². The number of rotatable bonds is 6. The Balaban J connectivity index is 1.95. The van der Waals surface area contributed by atoms with E-state index >= 15 is 0 Å². The van der Waals surface area contributed by atoms with E-state index in [0.717, 1.165) is 12.1 Å². The summed E-state index contributed by atoms with van der Waals surface area (Å²) in [6, 6.07) is 14.5. The average Bonchev–Trinajstić information content (AvgIpc) is 2.49. The minimum absolute atomic E-state index is 0.0697. The normalized spacial score (nSPS) is 10.8. The van der Waals surface area contributed by atoms with Crippen molar-refractivity contribution in [2.24, 2.45) is 0 Å². The first-order valence-corrected chi connectivity index (χ1v) is 8.14. The monoisotopic (exact) mass is 311 g/mol. The van der Waals surface area contributed by atoms with E-state index < -0.39 is 0 Å². The van der Waals surface area contributed by atoms with Gasteiger partial charge in [-0.25, -0.2) is 0 Å². The van der Waals surface area contributed by atoms with Gasteiger partial charge in [0.05, 0.1) is 20.5 Å². The van der Waals surface area contributed by atoms with E-state index in [0.29, 0.717) is 13.0 Å². The second-order valence-electron chi connectivity index (χ2n) is 6.52. The zero-order chi connectivity index (χ0) is 16.8. The Morgan fingerprint density at radius 2 is 1.70 bits per heavy atom. The molecule has 0 bridgehead atoms.